The van der Waals surface area contributed by atoms with Gasteiger partial charge >= 0.3 is 0 Å². The quantitative estimate of drug-likeness (QED) is 0.519. The number of rotatable bonds is 5. The highest BCUT2D eigenvalue weighted by molar-refractivity contribution is 5.81. The number of carbonyl (C=O) groups excluding carboxylic acids is 1. The Balaban J connectivity index is 1.94. The fourth-order valence-corrected chi connectivity index (χ4v) is 3.05. The Bertz CT molecular complexity index is 1140. The van der Waals surface area contributed by atoms with Crippen molar-refractivity contribution in [3.8, 4) is 34.0 Å². The number of carboxylic acids is 1. The fourth-order valence-electron chi connectivity index (χ4n) is 3.05. The molecule has 3 heterocycles. The van der Waals surface area contributed by atoms with Gasteiger partial charge in [-0.05, 0) is 36.4 Å². The second-order valence-electron chi connectivity index (χ2n) is 6.08. The molecule has 9 heteroatoms. The summed E-state index contributed by atoms with van der Waals surface area (Å²) in [6.07, 6.45) is 4.77. The summed E-state index contributed by atoms with van der Waals surface area (Å²) in [4.78, 5) is 19.8. The van der Waals surface area contributed by atoms with Crippen LogP contribution in [0.25, 0.3) is 34.0 Å². The van der Waals surface area contributed by atoms with E-state index in [1.807, 2.05) is 23.7 Å². The Morgan fingerprint density at radius 3 is 2.50 bits per heavy atom. The second-order valence-corrected chi connectivity index (χ2v) is 6.08. The molecule has 1 aromatic carbocycles. The lowest BCUT2D eigenvalue weighted by molar-refractivity contribution is -0.306. The maximum atomic E-state index is 13.4. The van der Waals surface area contributed by atoms with Crippen molar-refractivity contribution in [2.24, 2.45) is 7.05 Å². The molecule has 0 atom stereocenters. The predicted octanol–water partition coefficient (Wildman–Crippen LogP) is 1.30. The van der Waals surface area contributed by atoms with E-state index in [0.717, 1.165) is 11.3 Å². The van der Waals surface area contributed by atoms with Gasteiger partial charge in [-0.15, -0.1) is 5.10 Å². The number of hydrogen-bond acceptors (Lipinski definition) is 6. The summed E-state index contributed by atoms with van der Waals surface area (Å²) in [5.74, 6) is -1.16. The van der Waals surface area contributed by atoms with Gasteiger partial charge in [0.15, 0.2) is 5.82 Å². The number of halogens is 1. The van der Waals surface area contributed by atoms with Gasteiger partial charge in [0.05, 0.1) is 30.1 Å². The van der Waals surface area contributed by atoms with Gasteiger partial charge in [-0.2, -0.15) is 0 Å². The van der Waals surface area contributed by atoms with Crippen molar-refractivity contribution >= 4 is 5.97 Å². The SMILES string of the molecule is Cn1c(-c2cnnn2CC(=O)[O-])nc(-c2ccc(F)cc2)c1-c1ccncc1. The minimum Gasteiger partial charge on any atom is -0.548 e. The van der Waals surface area contributed by atoms with E-state index < -0.39 is 12.5 Å². The first-order chi connectivity index (χ1) is 13.5. The Morgan fingerprint density at radius 2 is 1.82 bits per heavy atom. The third-order valence-electron chi connectivity index (χ3n) is 4.29. The summed E-state index contributed by atoms with van der Waals surface area (Å²) in [5, 5.41) is 18.6. The van der Waals surface area contributed by atoms with Gasteiger partial charge in [0, 0.05) is 30.6 Å². The largest absolute Gasteiger partial charge is 0.548 e. The van der Waals surface area contributed by atoms with Crippen molar-refractivity contribution in [1.29, 1.82) is 0 Å². The monoisotopic (exact) mass is 377 g/mol. The molecule has 0 saturated carbocycles. The van der Waals surface area contributed by atoms with Crippen molar-refractivity contribution in [3.63, 3.8) is 0 Å². The highest BCUT2D eigenvalue weighted by Crippen LogP contribution is 2.35. The summed E-state index contributed by atoms with van der Waals surface area (Å²) in [6, 6.07) is 9.69. The second kappa shape index (κ2) is 7.03. The van der Waals surface area contributed by atoms with Crippen LogP contribution in [0.15, 0.2) is 55.0 Å². The van der Waals surface area contributed by atoms with Crippen molar-refractivity contribution in [2.75, 3.05) is 0 Å². The van der Waals surface area contributed by atoms with Crippen molar-refractivity contribution in [3.05, 3.63) is 60.8 Å². The lowest BCUT2D eigenvalue weighted by atomic mass is 10.1. The summed E-state index contributed by atoms with van der Waals surface area (Å²) in [7, 11) is 1.81. The molecule has 0 aliphatic rings. The van der Waals surface area contributed by atoms with Crippen LogP contribution in [0.4, 0.5) is 4.39 Å². The van der Waals surface area contributed by atoms with Gasteiger partial charge in [0.2, 0.25) is 0 Å². The summed E-state index contributed by atoms with van der Waals surface area (Å²) in [5.41, 5.74) is 3.38. The van der Waals surface area contributed by atoms with Crippen LogP contribution >= 0.6 is 0 Å². The van der Waals surface area contributed by atoms with Crippen LogP contribution < -0.4 is 5.11 Å². The number of carboxylic acid groups (broad SMARTS) is 1. The Hall–Kier alpha value is -3.88. The smallest absolute Gasteiger partial charge is 0.160 e. The van der Waals surface area contributed by atoms with E-state index in [0.29, 0.717) is 22.8 Å². The van der Waals surface area contributed by atoms with Crippen molar-refractivity contribution in [2.45, 2.75) is 6.54 Å². The normalized spacial score (nSPS) is 10.9. The predicted molar refractivity (Wildman–Crippen MR) is 95.9 cm³/mol. The van der Waals surface area contributed by atoms with E-state index in [1.54, 1.807) is 24.5 Å². The summed E-state index contributed by atoms with van der Waals surface area (Å²) in [6.45, 7) is -0.446. The van der Waals surface area contributed by atoms with Gasteiger partial charge in [-0.1, -0.05) is 5.21 Å². The van der Waals surface area contributed by atoms with Gasteiger partial charge in [-0.25, -0.2) is 14.1 Å². The van der Waals surface area contributed by atoms with E-state index in [9.17, 15) is 14.3 Å². The highest BCUT2D eigenvalue weighted by Gasteiger charge is 2.21. The molecule has 0 spiro atoms. The average molecular weight is 377 g/mol. The van der Waals surface area contributed by atoms with Gasteiger partial charge in [-0.3, -0.25) is 4.98 Å². The zero-order valence-electron chi connectivity index (χ0n) is 14.8. The molecule has 0 radical (unpaired) electrons. The summed E-state index contributed by atoms with van der Waals surface area (Å²) < 4.78 is 16.4. The van der Waals surface area contributed by atoms with Crippen LogP contribution in [0.2, 0.25) is 0 Å². The lowest BCUT2D eigenvalue weighted by Crippen LogP contribution is -2.28. The zero-order valence-corrected chi connectivity index (χ0v) is 14.8. The number of hydrogen-bond donors (Lipinski definition) is 0. The molecule has 0 unspecified atom stereocenters. The molecule has 0 aliphatic heterocycles. The molecule has 28 heavy (non-hydrogen) atoms. The number of imidazole rings is 1. The van der Waals surface area contributed by atoms with Crippen molar-refractivity contribution in [1.82, 2.24) is 29.5 Å². The number of aliphatic carboxylic acids is 1. The topological polar surface area (TPSA) is 102 Å². The molecule has 140 valence electrons. The Kier molecular flexibility index (Phi) is 4.40. The first-order valence-corrected chi connectivity index (χ1v) is 8.36. The maximum absolute atomic E-state index is 13.4. The zero-order chi connectivity index (χ0) is 19.7. The molecule has 0 bridgehead atoms. The van der Waals surface area contributed by atoms with E-state index in [-0.39, 0.29) is 5.82 Å². The molecule has 4 rings (SSSR count). The number of benzene rings is 1. The fraction of sp³-hybridized carbons (Fsp3) is 0.105. The average Bonchev–Trinajstić information content (AvgIpc) is 3.26. The molecular formula is C19H14FN6O2-. The van der Waals surface area contributed by atoms with Crippen LogP contribution in [0.1, 0.15) is 0 Å². The molecule has 0 aliphatic carbocycles. The molecular weight excluding hydrogens is 363 g/mol. The van der Waals surface area contributed by atoms with E-state index >= 15 is 0 Å². The van der Waals surface area contributed by atoms with Crippen LogP contribution in [0, 0.1) is 5.82 Å². The number of aromatic nitrogens is 6. The number of nitrogens with zero attached hydrogens (tertiary/aromatic N) is 6. The molecule has 8 nitrogen and oxygen atoms in total. The third-order valence-corrected chi connectivity index (χ3v) is 4.29. The van der Waals surface area contributed by atoms with Crippen LogP contribution in [0.3, 0.4) is 0 Å². The first kappa shape index (κ1) is 17.5. The highest BCUT2D eigenvalue weighted by atomic mass is 19.1. The number of carbonyl (C=O) groups is 1. The van der Waals surface area contributed by atoms with E-state index in [1.165, 1.54) is 23.0 Å². The van der Waals surface area contributed by atoms with E-state index in [4.69, 9.17) is 4.98 Å². The molecule has 0 amide bonds. The molecule has 0 fully saturated rings. The van der Waals surface area contributed by atoms with Crippen LogP contribution in [-0.4, -0.2) is 35.5 Å². The van der Waals surface area contributed by atoms with Gasteiger partial charge in [0.1, 0.15) is 11.5 Å². The van der Waals surface area contributed by atoms with Crippen LogP contribution in [0.5, 0.6) is 0 Å². The molecule has 0 N–H and O–H groups in total. The lowest BCUT2D eigenvalue weighted by Gasteiger charge is -2.09. The standard InChI is InChI=1S/C19H15FN6O2/c1-25-18(13-6-8-21-9-7-13)17(12-2-4-14(20)5-3-12)23-19(25)15-10-22-24-26(15)11-16(27)28/h2-10H,11H2,1H3,(H,27,28)/p-1. The Labute approximate surface area is 158 Å². The summed E-state index contributed by atoms with van der Waals surface area (Å²) >= 11 is 0. The van der Waals surface area contributed by atoms with Crippen molar-refractivity contribution < 1.29 is 14.3 Å². The minimum absolute atomic E-state index is 0.346. The third kappa shape index (κ3) is 3.13. The van der Waals surface area contributed by atoms with Crippen LogP contribution in [-0.2, 0) is 18.4 Å². The van der Waals surface area contributed by atoms with Gasteiger partial charge < -0.3 is 14.5 Å². The number of pyridine rings is 1. The molecule has 3 aromatic heterocycles. The molecule has 4 aromatic rings. The Morgan fingerprint density at radius 1 is 1.11 bits per heavy atom. The minimum atomic E-state index is -1.28. The maximum Gasteiger partial charge on any atom is 0.160 e. The first-order valence-electron chi connectivity index (χ1n) is 8.36. The van der Waals surface area contributed by atoms with Gasteiger partial charge in [0.25, 0.3) is 0 Å². The molecule has 0 saturated heterocycles. The van der Waals surface area contributed by atoms with E-state index in [2.05, 4.69) is 15.3 Å².